The van der Waals surface area contributed by atoms with Crippen molar-refractivity contribution in [3.63, 3.8) is 0 Å². The van der Waals surface area contributed by atoms with Gasteiger partial charge in [0.05, 0.1) is 6.04 Å². The van der Waals surface area contributed by atoms with E-state index >= 15 is 0 Å². The molecule has 3 heterocycles. The third-order valence-corrected chi connectivity index (χ3v) is 4.92. The smallest absolute Gasteiger partial charge is 0.415 e. The van der Waals surface area contributed by atoms with E-state index in [0.717, 1.165) is 25.2 Å². The number of anilines is 1. The molecule has 3 rings (SSSR count). The van der Waals surface area contributed by atoms with Crippen LogP contribution in [-0.2, 0) is 11.2 Å². The Labute approximate surface area is 137 Å². The van der Waals surface area contributed by atoms with E-state index in [1.807, 2.05) is 13.0 Å². The number of hydrogen-bond donors (Lipinski definition) is 0. The molecule has 1 aromatic heterocycles. The van der Waals surface area contributed by atoms with Gasteiger partial charge in [-0.3, -0.25) is 4.90 Å². The zero-order valence-electron chi connectivity index (χ0n) is 14.2. The molecule has 6 heteroatoms. The van der Waals surface area contributed by atoms with Gasteiger partial charge >= 0.3 is 6.09 Å². The summed E-state index contributed by atoms with van der Waals surface area (Å²) in [6.07, 6.45) is 4.62. The number of ether oxygens (including phenoxy) is 1. The fourth-order valence-electron chi connectivity index (χ4n) is 3.43. The van der Waals surface area contributed by atoms with E-state index in [1.165, 1.54) is 12.8 Å². The van der Waals surface area contributed by atoms with Crippen molar-refractivity contribution in [2.45, 2.75) is 52.1 Å². The highest BCUT2D eigenvalue weighted by Gasteiger charge is 2.32. The maximum Gasteiger partial charge on any atom is 0.415 e. The third kappa shape index (κ3) is 3.63. The van der Waals surface area contributed by atoms with Crippen LogP contribution in [0.5, 0.6) is 0 Å². The van der Waals surface area contributed by atoms with Crippen molar-refractivity contribution in [3.8, 4) is 0 Å². The molecule has 1 aromatic rings. The lowest BCUT2D eigenvalue weighted by Crippen LogP contribution is -2.38. The summed E-state index contributed by atoms with van der Waals surface area (Å²) in [6, 6.07) is 2.60. The number of piperidine rings is 1. The first-order chi connectivity index (χ1) is 11.0. The Bertz CT molecular complexity index is 555. The highest BCUT2D eigenvalue weighted by atomic mass is 16.6. The summed E-state index contributed by atoms with van der Waals surface area (Å²) >= 11 is 0. The molecule has 0 saturated carbocycles. The molecule has 0 bridgehead atoms. The van der Waals surface area contributed by atoms with Gasteiger partial charge in [0.2, 0.25) is 0 Å². The molecule has 0 aromatic carbocycles. The minimum atomic E-state index is -0.313. The number of rotatable bonds is 4. The van der Waals surface area contributed by atoms with Gasteiger partial charge in [0.15, 0.2) is 0 Å². The van der Waals surface area contributed by atoms with Crippen molar-refractivity contribution in [1.82, 2.24) is 14.9 Å². The number of cyclic esters (lactones) is 1. The predicted octanol–water partition coefficient (Wildman–Crippen LogP) is 2.48. The van der Waals surface area contributed by atoms with E-state index in [2.05, 4.69) is 28.7 Å². The molecule has 2 saturated heterocycles. The van der Waals surface area contributed by atoms with Gasteiger partial charge in [-0.2, -0.15) is 0 Å². The van der Waals surface area contributed by atoms with Crippen LogP contribution in [-0.4, -0.2) is 52.7 Å². The molecule has 2 aliphatic heterocycles. The van der Waals surface area contributed by atoms with E-state index in [1.54, 1.807) is 11.2 Å². The van der Waals surface area contributed by atoms with Gasteiger partial charge < -0.3 is 9.64 Å². The van der Waals surface area contributed by atoms with Gasteiger partial charge in [-0.15, -0.1) is 0 Å². The lowest BCUT2D eigenvalue weighted by molar-refractivity contribution is 0.149. The molecule has 2 fully saturated rings. The van der Waals surface area contributed by atoms with Crippen LogP contribution < -0.4 is 4.90 Å². The first-order valence-electron chi connectivity index (χ1n) is 8.55. The molecule has 0 N–H and O–H groups in total. The number of likely N-dealkylation sites (tertiary alicyclic amines) is 1. The molecule has 6 nitrogen and oxygen atoms in total. The monoisotopic (exact) mass is 318 g/mol. The van der Waals surface area contributed by atoms with Crippen molar-refractivity contribution in [3.05, 3.63) is 18.1 Å². The first kappa shape index (κ1) is 16.2. The lowest BCUT2D eigenvalue weighted by Gasteiger charge is -2.34. The van der Waals surface area contributed by atoms with Crippen molar-refractivity contribution in [2.24, 2.45) is 5.92 Å². The Morgan fingerprint density at radius 3 is 2.65 bits per heavy atom. The Morgan fingerprint density at radius 1 is 1.30 bits per heavy atom. The largest absolute Gasteiger partial charge is 0.447 e. The molecule has 23 heavy (non-hydrogen) atoms. The molecule has 126 valence electrons. The molecular weight excluding hydrogens is 292 g/mol. The maximum absolute atomic E-state index is 11.8. The van der Waals surface area contributed by atoms with Gasteiger partial charge in [0.1, 0.15) is 18.8 Å². The second-order valence-corrected chi connectivity index (χ2v) is 6.94. The topological polar surface area (TPSA) is 58.6 Å². The first-order valence-corrected chi connectivity index (χ1v) is 8.55. The Hall–Kier alpha value is -1.69. The molecule has 0 spiro atoms. The summed E-state index contributed by atoms with van der Waals surface area (Å²) < 4.78 is 5.08. The Kier molecular flexibility index (Phi) is 4.80. The highest BCUT2D eigenvalue weighted by molar-refractivity contribution is 5.88. The summed E-state index contributed by atoms with van der Waals surface area (Å²) in [4.78, 5) is 24.6. The molecule has 0 aliphatic carbocycles. The second kappa shape index (κ2) is 6.83. The number of carbonyl (C=O) groups excluding carboxylic acids is 1. The van der Waals surface area contributed by atoms with Crippen molar-refractivity contribution >= 4 is 11.9 Å². The van der Waals surface area contributed by atoms with Gasteiger partial charge in [-0.05, 0) is 59.0 Å². The highest BCUT2D eigenvalue weighted by Crippen LogP contribution is 2.25. The van der Waals surface area contributed by atoms with Gasteiger partial charge in [0, 0.05) is 17.8 Å². The minimum Gasteiger partial charge on any atom is -0.447 e. The van der Waals surface area contributed by atoms with Crippen LogP contribution in [0.2, 0.25) is 0 Å². The summed E-state index contributed by atoms with van der Waals surface area (Å²) in [5, 5.41) is 0. The van der Waals surface area contributed by atoms with Crippen molar-refractivity contribution in [2.75, 3.05) is 24.6 Å². The molecule has 1 atom stereocenters. The Balaban J connectivity index is 1.63. The van der Waals surface area contributed by atoms with Crippen LogP contribution in [0.4, 0.5) is 10.6 Å². The van der Waals surface area contributed by atoms with E-state index < -0.39 is 0 Å². The van der Waals surface area contributed by atoms with Gasteiger partial charge in [-0.1, -0.05) is 0 Å². The number of aromatic nitrogens is 2. The summed E-state index contributed by atoms with van der Waals surface area (Å²) in [5.74, 6) is 1.32. The van der Waals surface area contributed by atoms with Crippen LogP contribution in [0.1, 0.15) is 39.3 Å². The van der Waals surface area contributed by atoms with Crippen molar-refractivity contribution < 1.29 is 9.53 Å². The summed E-state index contributed by atoms with van der Waals surface area (Å²) in [7, 11) is 0. The Morgan fingerprint density at radius 2 is 2.04 bits per heavy atom. The predicted molar refractivity (Wildman–Crippen MR) is 88.5 cm³/mol. The van der Waals surface area contributed by atoms with Crippen LogP contribution in [0.25, 0.3) is 0 Å². The van der Waals surface area contributed by atoms with E-state index in [4.69, 9.17) is 4.74 Å². The molecule has 2 aliphatic rings. The van der Waals surface area contributed by atoms with E-state index in [9.17, 15) is 4.79 Å². The SMILES string of the molecule is CC(C)N1CCC(Cc2cc(N3C(=O)OCC3C)ncn2)CC1. The van der Waals surface area contributed by atoms with Gasteiger partial charge in [-0.25, -0.2) is 14.8 Å². The number of carbonyl (C=O) groups is 1. The zero-order valence-corrected chi connectivity index (χ0v) is 14.2. The number of amides is 1. The fourth-order valence-corrected chi connectivity index (χ4v) is 3.43. The molecule has 1 amide bonds. The molecule has 1 unspecified atom stereocenters. The standard InChI is InChI=1S/C17H26N4O2/c1-12(2)20-6-4-14(5-7-20)8-15-9-16(19-11-18-15)21-13(3)10-23-17(21)22/h9,11-14H,4-8,10H2,1-3H3. The zero-order chi connectivity index (χ0) is 16.4. The number of nitrogens with zero attached hydrogens (tertiary/aromatic N) is 4. The van der Waals surface area contributed by atoms with Crippen LogP contribution in [0.3, 0.4) is 0 Å². The lowest BCUT2D eigenvalue weighted by atomic mass is 9.91. The number of hydrogen-bond acceptors (Lipinski definition) is 5. The van der Waals surface area contributed by atoms with E-state index in [-0.39, 0.29) is 12.1 Å². The summed E-state index contributed by atoms with van der Waals surface area (Å²) in [6.45, 7) is 9.23. The van der Waals surface area contributed by atoms with Crippen LogP contribution in [0, 0.1) is 5.92 Å². The van der Waals surface area contributed by atoms with Crippen molar-refractivity contribution in [1.29, 1.82) is 0 Å². The summed E-state index contributed by atoms with van der Waals surface area (Å²) in [5.41, 5.74) is 1.02. The molecular formula is C17H26N4O2. The molecule has 0 radical (unpaired) electrons. The van der Waals surface area contributed by atoms with Crippen LogP contribution >= 0.6 is 0 Å². The maximum atomic E-state index is 11.8. The normalized spacial score (nSPS) is 23.6. The quantitative estimate of drug-likeness (QED) is 0.853. The van der Waals surface area contributed by atoms with Crippen LogP contribution in [0.15, 0.2) is 12.4 Å². The average Bonchev–Trinajstić information content (AvgIpc) is 2.87. The van der Waals surface area contributed by atoms with Gasteiger partial charge in [0.25, 0.3) is 0 Å². The average molecular weight is 318 g/mol. The second-order valence-electron chi connectivity index (χ2n) is 6.94. The minimum absolute atomic E-state index is 0.0273. The van der Waals surface area contributed by atoms with E-state index in [0.29, 0.717) is 24.4 Å². The third-order valence-electron chi connectivity index (χ3n) is 4.92. The fraction of sp³-hybridized carbons (Fsp3) is 0.706.